The molecule has 3 rings (SSSR count). The van der Waals surface area contributed by atoms with E-state index < -0.39 is 22.0 Å². The highest BCUT2D eigenvalue weighted by molar-refractivity contribution is 7.92. The Morgan fingerprint density at radius 2 is 1.66 bits per heavy atom. The normalized spacial score (nSPS) is 11.9. The Morgan fingerprint density at radius 3 is 2.34 bits per heavy atom. The summed E-state index contributed by atoms with van der Waals surface area (Å²) in [4.78, 5) is 27.6. The van der Waals surface area contributed by atoms with E-state index >= 15 is 0 Å². The van der Waals surface area contributed by atoms with Crippen molar-refractivity contribution in [3.05, 3.63) is 84.4 Å². The Morgan fingerprint density at radius 1 is 0.971 bits per heavy atom. The van der Waals surface area contributed by atoms with Crippen LogP contribution in [0.5, 0.6) is 5.75 Å². The molecule has 2 N–H and O–H groups in total. The standard InChI is InChI=1S/C26H29N3O5S/c1-4-17-29(19(2)25(30)27-21-12-6-5-7-13-21)26(31)20-11-10-14-22(18-20)35(32,33)28-23-15-8-9-16-24(23)34-3/h5-16,18-19,28H,4,17H2,1-3H3,(H,27,30). The summed E-state index contributed by atoms with van der Waals surface area (Å²) in [5, 5.41) is 2.81. The molecule has 0 heterocycles. The smallest absolute Gasteiger partial charge is 0.262 e. The van der Waals surface area contributed by atoms with Crippen LogP contribution in [0.15, 0.2) is 83.8 Å². The van der Waals surface area contributed by atoms with Crippen LogP contribution in [-0.4, -0.2) is 44.8 Å². The summed E-state index contributed by atoms with van der Waals surface area (Å²) in [6, 6.07) is 20.6. The zero-order valence-electron chi connectivity index (χ0n) is 19.9. The van der Waals surface area contributed by atoms with Crippen molar-refractivity contribution in [2.75, 3.05) is 23.7 Å². The Kier molecular flexibility index (Phi) is 8.48. The van der Waals surface area contributed by atoms with E-state index in [9.17, 15) is 18.0 Å². The molecule has 2 amide bonds. The third-order valence-electron chi connectivity index (χ3n) is 5.36. The highest BCUT2D eigenvalue weighted by atomic mass is 32.2. The van der Waals surface area contributed by atoms with Gasteiger partial charge in [-0.25, -0.2) is 8.42 Å². The van der Waals surface area contributed by atoms with Gasteiger partial charge in [0.2, 0.25) is 5.91 Å². The van der Waals surface area contributed by atoms with E-state index in [1.165, 1.54) is 36.3 Å². The van der Waals surface area contributed by atoms with Gasteiger partial charge >= 0.3 is 0 Å². The van der Waals surface area contributed by atoms with Gasteiger partial charge in [-0.05, 0) is 55.8 Å². The topological polar surface area (TPSA) is 105 Å². The van der Waals surface area contributed by atoms with Gasteiger partial charge in [-0.3, -0.25) is 14.3 Å². The van der Waals surface area contributed by atoms with Crippen molar-refractivity contribution < 1.29 is 22.7 Å². The molecular weight excluding hydrogens is 466 g/mol. The Labute approximate surface area is 206 Å². The first-order valence-electron chi connectivity index (χ1n) is 11.2. The number of benzene rings is 3. The fourth-order valence-electron chi connectivity index (χ4n) is 3.52. The predicted molar refractivity (Wildman–Crippen MR) is 136 cm³/mol. The average molecular weight is 496 g/mol. The van der Waals surface area contributed by atoms with Crippen LogP contribution in [0, 0.1) is 0 Å². The predicted octanol–water partition coefficient (Wildman–Crippen LogP) is 4.38. The molecule has 0 radical (unpaired) electrons. The fourth-order valence-corrected chi connectivity index (χ4v) is 4.63. The molecule has 0 aromatic heterocycles. The lowest BCUT2D eigenvalue weighted by molar-refractivity contribution is -0.120. The number of amides is 2. The highest BCUT2D eigenvalue weighted by Crippen LogP contribution is 2.26. The van der Waals surface area contributed by atoms with Crippen LogP contribution in [0.1, 0.15) is 30.6 Å². The molecule has 1 unspecified atom stereocenters. The lowest BCUT2D eigenvalue weighted by atomic mass is 10.1. The third-order valence-corrected chi connectivity index (χ3v) is 6.72. The van der Waals surface area contributed by atoms with Gasteiger partial charge in [0.05, 0.1) is 17.7 Å². The first-order valence-corrected chi connectivity index (χ1v) is 12.7. The minimum atomic E-state index is -4.00. The SMILES string of the molecule is CCCN(C(=O)c1cccc(S(=O)(=O)Nc2ccccc2OC)c1)C(C)C(=O)Nc1ccccc1. The quantitative estimate of drug-likeness (QED) is 0.434. The number of para-hydroxylation sites is 3. The molecule has 8 nitrogen and oxygen atoms in total. The zero-order chi connectivity index (χ0) is 25.4. The van der Waals surface area contributed by atoms with E-state index in [1.54, 1.807) is 55.5 Å². The number of carbonyl (C=O) groups excluding carboxylic acids is 2. The van der Waals surface area contributed by atoms with Crippen molar-refractivity contribution in [3.63, 3.8) is 0 Å². The second-order valence-electron chi connectivity index (χ2n) is 7.86. The van der Waals surface area contributed by atoms with Crippen molar-refractivity contribution in [3.8, 4) is 5.75 Å². The Hall–Kier alpha value is -3.85. The van der Waals surface area contributed by atoms with E-state index in [4.69, 9.17) is 4.74 Å². The molecular formula is C26H29N3O5S. The molecule has 35 heavy (non-hydrogen) atoms. The van der Waals surface area contributed by atoms with Gasteiger partial charge < -0.3 is 15.0 Å². The number of carbonyl (C=O) groups is 2. The number of sulfonamides is 1. The molecule has 0 spiro atoms. The number of nitrogens with one attached hydrogen (secondary N) is 2. The van der Waals surface area contributed by atoms with Crippen molar-refractivity contribution in [2.45, 2.75) is 31.2 Å². The van der Waals surface area contributed by atoms with Crippen LogP contribution in [0.25, 0.3) is 0 Å². The van der Waals surface area contributed by atoms with E-state index in [-0.39, 0.29) is 22.1 Å². The van der Waals surface area contributed by atoms with Crippen molar-refractivity contribution >= 4 is 33.2 Å². The Balaban J connectivity index is 1.84. The largest absolute Gasteiger partial charge is 0.495 e. The zero-order valence-corrected chi connectivity index (χ0v) is 20.7. The second kappa shape index (κ2) is 11.5. The van der Waals surface area contributed by atoms with Crippen LogP contribution < -0.4 is 14.8 Å². The highest BCUT2D eigenvalue weighted by Gasteiger charge is 2.27. The second-order valence-corrected chi connectivity index (χ2v) is 9.55. The molecule has 3 aromatic rings. The molecule has 184 valence electrons. The monoisotopic (exact) mass is 495 g/mol. The molecule has 9 heteroatoms. The van der Waals surface area contributed by atoms with Gasteiger partial charge in [0, 0.05) is 17.8 Å². The van der Waals surface area contributed by atoms with Crippen LogP contribution in [0.4, 0.5) is 11.4 Å². The number of methoxy groups -OCH3 is 1. The molecule has 0 saturated heterocycles. The van der Waals surface area contributed by atoms with Gasteiger partial charge in [-0.15, -0.1) is 0 Å². The molecule has 0 bridgehead atoms. The number of rotatable bonds is 10. The van der Waals surface area contributed by atoms with Crippen LogP contribution >= 0.6 is 0 Å². The summed E-state index contributed by atoms with van der Waals surface area (Å²) >= 11 is 0. The molecule has 3 aromatic carbocycles. The molecule has 0 aliphatic carbocycles. The van der Waals surface area contributed by atoms with Crippen LogP contribution in [0.2, 0.25) is 0 Å². The van der Waals surface area contributed by atoms with Crippen molar-refractivity contribution in [2.24, 2.45) is 0 Å². The number of hydrogen-bond donors (Lipinski definition) is 2. The number of anilines is 2. The lowest BCUT2D eigenvalue weighted by Crippen LogP contribution is -2.46. The maximum atomic E-state index is 13.4. The maximum Gasteiger partial charge on any atom is 0.262 e. The molecule has 1 atom stereocenters. The molecule has 0 aliphatic rings. The average Bonchev–Trinajstić information content (AvgIpc) is 2.87. The van der Waals surface area contributed by atoms with E-state index in [2.05, 4.69) is 10.0 Å². The summed E-state index contributed by atoms with van der Waals surface area (Å²) in [6.45, 7) is 3.88. The molecule has 0 fully saturated rings. The van der Waals surface area contributed by atoms with Crippen LogP contribution in [0.3, 0.4) is 0 Å². The number of ether oxygens (including phenoxy) is 1. The third kappa shape index (κ3) is 6.39. The van der Waals surface area contributed by atoms with Gasteiger partial charge in [0.15, 0.2) is 0 Å². The number of nitrogens with zero attached hydrogens (tertiary/aromatic N) is 1. The van der Waals surface area contributed by atoms with Crippen LogP contribution in [-0.2, 0) is 14.8 Å². The first-order chi connectivity index (χ1) is 16.8. The van der Waals surface area contributed by atoms with E-state index in [0.717, 1.165) is 0 Å². The summed E-state index contributed by atoms with van der Waals surface area (Å²) < 4.78 is 33.8. The summed E-state index contributed by atoms with van der Waals surface area (Å²) in [5.41, 5.74) is 1.08. The summed E-state index contributed by atoms with van der Waals surface area (Å²) in [6.07, 6.45) is 0.627. The molecule has 0 saturated carbocycles. The molecule has 0 aliphatic heterocycles. The minimum absolute atomic E-state index is 0.0768. The summed E-state index contributed by atoms with van der Waals surface area (Å²) in [7, 11) is -2.55. The van der Waals surface area contributed by atoms with Crippen molar-refractivity contribution in [1.82, 2.24) is 4.90 Å². The number of hydrogen-bond acceptors (Lipinski definition) is 5. The Bertz CT molecular complexity index is 1280. The van der Waals surface area contributed by atoms with Gasteiger partial charge in [0.1, 0.15) is 11.8 Å². The lowest BCUT2D eigenvalue weighted by Gasteiger charge is -2.28. The van der Waals surface area contributed by atoms with Crippen molar-refractivity contribution in [1.29, 1.82) is 0 Å². The minimum Gasteiger partial charge on any atom is -0.495 e. The summed E-state index contributed by atoms with van der Waals surface area (Å²) in [5.74, 6) is -0.396. The van der Waals surface area contributed by atoms with Gasteiger partial charge in [-0.2, -0.15) is 0 Å². The van der Waals surface area contributed by atoms with E-state index in [0.29, 0.717) is 24.4 Å². The van der Waals surface area contributed by atoms with E-state index in [1.807, 2.05) is 13.0 Å². The fraction of sp³-hybridized carbons (Fsp3) is 0.231. The first kappa shape index (κ1) is 25.8. The van der Waals surface area contributed by atoms with Gasteiger partial charge in [-0.1, -0.05) is 43.3 Å². The maximum absolute atomic E-state index is 13.4. The van der Waals surface area contributed by atoms with Gasteiger partial charge in [0.25, 0.3) is 15.9 Å².